The van der Waals surface area contributed by atoms with Crippen molar-refractivity contribution in [2.75, 3.05) is 25.5 Å². The molecular weight excluding hydrogens is 162 g/mol. The maximum atomic E-state index is 10.9. The van der Waals surface area contributed by atoms with Gasteiger partial charge in [-0.3, -0.25) is 4.79 Å². The molecule has 0 rings (SSSR count). The number of thiol groups is 1. The maximum absolute atomic E-state index is 10.9. The molecule has 0 aliphatic rings. The predicted octanol–water partition coefficient (Wildman–Crippen LogP) is 0.459. The third-order valence-electron chi connectivity index (χ3n) is 1.11. The first-order valence-electron chi connectivity index (χ1n) is 3.76. The van der Waals surface area contributed by atoms with Crippen molar-refractivity contribution in [3.63, 3.8) is 0 Å². The zero-order valence-corrected chi connectivity index (χ0v) is 7.69. The predicted molar refractivity (Wildman–Crippen MR) is 48.0 cm³/mol. The summed E-state index contributed by atoms with van der Waals surface area (Å²) in [5.41, 5.74) is 0. The number of amides is 1. The fraction of sp³-hybridized carbons (Fsp3) is 0.857. The zero-order chi connectivity index (χ0) is 8.53. The van der Waals surface area contributed by atoms with Crippen LogP contribution in [0.3, 0.4) is 0 Å². The van der Waals surface area contributed by atoms with E-state index in [1.54, 1.807) is 0 Å². The van der Waals surface area contributed by atoms with E-state index in [9.17, 15) is 4.79 Å². The number of carbonyl (C=O) groups is 1. The number of hydrogen-bond acceptors (Lipinski definition) is 3. The van der Waals surface area contributed by atoms with Crippen molar-refractivity contribution in [3.05, 3.63) is 0 Å². The summed E-state index contributed by atoms with van der Waals surface area (Å²) in [6.07, 6.45) is 0.446. The van der Waals surface area contributed by atoms with Crippen LogP contribution in [0.25, 0.3) is 0 Å². The fourth-order valence-corrected chi connectivity index (χ4v) is 0.705. The second kappa shape index (κ2) is 7.88. The summed E-state index contributed by atoms with van der Waals surface area (Å²) in [4.78, 5) is 10.9. The molecular formula is C7H15NO2S. The molecule has 1 N–H and O–H groups in total. The summed E-state index contributed by atoms with van der Waals surface area (Å²) in [7, 11) is 0. The van der Waals surface area contributed by atoms with E-state index in [2.05, 4.69) is 17.9 Å². The first kappa shape index (κ1) is 10.8. The van der Waals surface area contributed by atoms with Gasteiger partial charge < -0.3 is 10.1 Å². The molecule has 0 saturated carbocycles. The third-order valence-corrected chi connectivity index (χ3v) is 1.34. The van der Waals surface area contributed by atoms with E-state index in [-0.39, 0.29) is 5.91 Å². The zero-order valence-electron chi connectivity index (χ0n) is 6.80. The summed E-state index contributed by atoms with van der Waals surface area (Å²) in [5, 5.41) is 2.70. The van der Waals surface area contributed by atoms with Crippen LogP contribution in [-0.4, -0.2) is 31.4 Å². The average molecular weight is 177 g/mol. The summed E-state index contributed by atoms with van der Waals surface area (Å²) in [6.45, 7) is 3.72. The van der Waals surface area contributed by atoms with Gasteiger partial charge in [0.15, 0.2) is 0 Å². The molecule has 66 valence electrons. The lowest BCUT2D eigenvalue weighted by molar-refractivity contribution is -0.122. The van der Waals surface area contributed by atoms with Gasteiger partial charge in [0, 0.05) is 25.3 Å². The Labute approximate surface area is 72.9 Å². The van der Waals surface area contributed by atoms with E-state index in [0.717, 1.165) is 0 Å². The minimum Gasteiger partial charge on any atom is -0.381 e. The Morgan fingerprint density at radius 3 is 2.91 bits per heavy atom. The van der Waals surface area contributed by atoms with Gasteiger partial charge in [-0.2, -0.15) is 12.6 Å². The molecule has 3 nitrogen and oxygen atoms in total. The van der Waals surface area contributed by atoms with Gasteiger partial charge in [0.25, 0.3) is 0 Å². The topological polar surface area (TPSA) is 38.3 Å². The highest BCUT2D eigenvalue weighted by Crippen LogP contribution is 1.82. The number of carbonyl (C=O) groups excluding carboxylic acids is 1. The minimum atomic E-state index is 0.0347. The Bertz CT molecular complexity index is 109. The molecule has 11 heavy (non-hydrogen) atoms. The summed E-state index contributed by atoms with van der Waals surface area (Å²) in [6, 6.07) is 0. The van der Waals surface area contributed by atoms with E-state index in [1.807, 2.05) is 6.92 Å². The van der Waals surface area contributed by atoms with Crippen LogP contribution < -0.4 is 5.32 Å². The first-order valence-corrected chi connectivity index (χ1v) is 4.39. The third kappa shape index (κ3) is 7.68. The van der Waals surface area contributed by atoms with Gasteiger partial charge in [-0.25, -0.2) is 0 Å². The molecule has 0 aromatic rings. The molecule has 0 bridgehead atoms. The van der Waals surface area contributed by atoms with Gasteiger partial charge in [-0.15, -0.1) is 0 Å². The standard InChI is InChI=1S/C7H15NO2S/c1-2-10-5-3-7(9)8-4-6-11/h11H,2-6H2,1H3,(H,8,9). The number of rotatable bonds is 6. The van der Waals surface area contributed by atoms with Crippen molar-refractivity contribution in [2.45, 2.75) is 13.3 Å². The van der Waals surface area contributed by atoms with Crippen LogP contribution in [0, 0.1) is 0 Å². The Morgan fingerprint density at radius 1 is 1.64 bits per heavy atom. The lowest BCUT2D eigenvalue weighted by atomic mass is 10.4. The molecule has 0 aromatic carbocycles. The molecule has 0 aliphatic carbocycles. The molecule has 0 saturated heterocycles. The monoisotopic (exact) mass is 177 g/mol. The second-order valence-corrected chi connectivity index (χ2v) is 2.47. The molecule has 0 radical (unpaired) electrons. The quantitative estimate of drug-likeness (QED) is 0.457. The number of ether oxygens (including phenoxy) is 1. The smallest absolute Gasteiger partial charge is 0.222 e. The molecule has 0 aromatic heterocycles. The Hall–Kier alpha value is -0.220. The second-order valence-electron chi connectivity index (χ2n) is 2.02. The highest BCUT2D eigenvalue weighted by molar-refractivity contribution is 7.80. The normalized spacial score (nSPS) is 9.64. The van der Waals surface area contributed by atoms with Crippen molar-refractivity contribution in [1.29, 1.82) is 0 Å². The fourth-order valence-electron chi connectivity index (χ4n) is 0.593. The first-order chi connectivity index (χ1) is 5.31. The highest BCUT2D eigenvalue weighted by atomic mass is 32.1. The van der Waals surface area contributed by atoms with Crippen LogP contribution in [0.4, 0.5) is 0 Å². The number of nitrogens with one attached hydrogen (secondary N) is 1. The molecule has 0 atom stereocenters. The molecule has 0 fully saturated rings. The van der Waals surface area contributed by atoms with Crippen molar-refractivity contribution < 1.29 is 9.53 Å². The SMILES string of the molecule is CCOCCC(=O)NCCS. The number of hydrogen-bond donors (Lipinski definition) is 2. The van der Waals surface area contributed by atoms with Crippen LogP contribution in [0.15, 0.2) is 0 Å². The van der Waals surface area contributed by atoms with Gasteiger partial charge in [-0.05, 0) is 6.92 Å². The van der Waals surface area contributed by atoms with Crippen LogP contribution in [0.5, 0.6) is 0 Å². The van der Waals surface area contributed by atoms with Crippen molar-refractivity contribution >= 4 is 18.5 Å². The minimum absolute atomic E-state index is 0.0347. The average Bonchev–Trinajstić information content (AvgIpc) is 2.01. The van der Waals surface area contributed by atoms with E-state index in [1.165, 1.54) is 0 Å². The summed E-state index contributed by atoms with van der Waals surface area (Å²) >= 11 is 3.96. The summed E-state index contributed by atoms with van der Waals surface area (Å²) in [5.74, 6) is 0.716. The molecule has 0 aliphatic heterocycles. The van der Waals surface area contributed by atoms with E-state index < -0.39 is 0 Å². The maximum Gasteiger partial charge on any atom is 0.222 e. The molecule has 0 unspecified atom stereocenters. The Kier molecular flexibility index (Phi) is 7.72. The van der Waals surface area contributed by atoms with Crippen molar-refractivity contribution in [3.8, 4) is 0 Å². The van der Waals surface area contributed by atoms with Gasteiger partial charge in [0.05, 0.1) is 6.61 Å². The van der Waals surface area contributed by atoms with Gasteiger partial charge >= 0.3 is 0 Å². The Balaban J connectivity index is 3.09. The molecule has 0 spiro atoms. The largest absolute Gasteiger partial charge is 0.381 e. The molecule has 4 heteroatoms. The molecule has 1 amide bonds. The lowest BCUT2D eigenvalue weighted by Gasteiger charge is -2.02. The van der Waals surface area contributed by atoms with Crippen LogP contribution in [0.2, 0.25) is 0 Å². The van der Waals surface area contributed by atoms with Gasteiger partial charge in [0.1, 0.15) is 0 Å². The summed E-state index contributed by atoms with van der Waals surface area (Å²) < 4.78 is 5.00. The Morgan fingerprint density at radius 2 is 2.36 bits per heavy atom. The van der Waals surface area contributed by atoms with Crippen molar-refractivity contribution in [1.82, 2.24) is 5.32 Å². The molecule has 0 heterocycles. The van der Waals surface area contributed by atoms with E-state index >= 15 is 0 Å². The lowest BCUT2D eigenvalue weighted by Crippen LogP contribution is -2.26. The van der Waals surface area contributed by atoms with E-state index in [4.69, 9.17) is 4.74 Å². The van der Waals surface area contributed by atoms with Gasteiger partial charge in [-0.1, -0.05) is 0 Å². The van der Waals surface area contributed by atoms with Crippen LogP contribution in [-0.2, 0) is 9.53 Å². The van der Waals surface area contributed by atoms with Crippen LogP contribution in [0.1, 0.15) is 13.3 Å². The van der Waals surface area contributed by atoms with Crippen molar-refractivity contribution in [2.24, 2.45) is 0 Å². The van der Waals surface area contributed by atoms with E-state index in [0.29, 0.717) is 31.9 Å². The van der Waals surface area contributed by atoms with Gasteiger partial charge in [0.2, 0.25) is 5.91 Å². The highest BCUT2D eigenvalue weighted by Gasteiger charge is 1.97. The van der Waals surface area contributed by atoms with Crippen LogP contribution >= 0.6 is 12.6 Å².